The fraction of sp³-hybridized carbons (Fsp3) is 0.250. The fourth-order valence-corrected chi connectivity index (χ4v) is 3.03. The van der Waals surface area contributed by atoms with E-state index in [-0.39, 0.29) is 5.82 Å². The highest BCUT2D eigenvalue weighted by Gasteiger charge is 2.19. The number of fused-ring (bicyclic) bond motifs is 1. The number of alkyl halides is 1. The Morgan fingerprint density at radius 2 is 1.90 bits per heavy atom. The molecule has 0 aliphatic carbocycles. The molecule has 0 saturated heterocycles. The van der Waals surface area contributed by atoms with Gasteiger partial charge in [0.2, 0.25) is 0 Å². The Bertz CT molecular complexity index is 670. The quantitative estimate of drug-likeness (QED) is 0.697. The van der Waals surface area contributed by atoms with Crippen LogP contribution in [0.25, 0.3) is 0 Å². The van der Waals surface area contributed by atoms with Crippen molar-refractivity contribution in [2.75, 3.05) is 0 Å². The maximum atomic E-state index is 13.5. The number of halogens is 3. The lowest BCUT2D eigenvalue weighted by Crippen LogP contribution is -1.98. The van der Waals surface area contributed by atoms with Gasteiger partial charge in [0.25, 0.3) is 0 Å². The van der Waals surface area contributed by atoms with Crippen molar-refractivity contribution in [2.24, 2.45) is 0 Å². The average Bonchev–Trinajstić information content (AvgIpc) is 2.89. The first-order valence-corrected chi connectivity index (χ1v) is 7.17. The highest BCUT2D eigenvalue weighted by Crippen LogP contribution is 2.36. The maximum absolute atomic E-state index is 13.5. The molecule has 20 heavy (non-hydrogen) atoms. The SMILES string of the molecule is Cc1cc(C(Cl)c2ccc3c(c2)COC3)c(Cl)cc1F. The van der Waals surface area contributed by atoms with E-state index in [0.717, 1.165) is 16.7 Å². The number of hydrogen-bond donors (Lipinski definition) is 0. The molecule has 1 heterocycles. The van der Waals surface area contributed by atoms with Crippen LogP contribution in [0.15, 0.2) is 30.3 Å². The molecule has 0 saturated carbocycles. The predicted molar refractivity (Wildman–Crippen MR) is 78.8 cm³/mol. The molecule has 0 spiro atoms. The van der Waals surface area contributed by atoms with E-state index in [9.17, 15) is 4.39 Å². The zero-order valence-electron chi connectivity index (χ0n) is 10.9. The number of aryl methyl sites for hydroxylation is 1. The van der Waals surface area contributed by atoms with Gasteiger partial charge in [0, 0.05) is 5.02 Å². The molecule has 104 valence electrons. The third-order valence-corrected chi connectivity index (χ3v) is 4.40. The van der Waals surface area contributed by atoms with Crippen molar-refractivity contribution < 1.29 is 9.13 Å². The second-order valence-corrected chi connectivity index (χ2v) is 5.85. The molecule has 1 aliphatic rings. The Hall–Kier alpha value is -1.09. The molecule has 0 fully saturated rings. The number of benzene rings is 2. The summed E-state index contributed by atoms with van der Waals surface area (Å²) in [6.07, 6.45) is 0. The summed E-state index contributed by atoms with van der Waals surface area (Å²) in [5.74, 6) is -0.315. The molecule has 1 atom stereocenters. The third-order valence-electron chi connectivity index (χ3n) is 3.59. The lowest BCUT2D eigenvalue weighted by Gasteiger charge is -2.14. The first kappa shape index (κ1) is 13.9. The van der Waals surface area contributed by atoms with Crippen LogP contribution in [0.1, 0.15) is 33.2 Å². The van der Waals surface area contributed by atoms with Crippen molar-refractivity contribution in [3.63, 3.8) is 0 Å². The molecule has 0 N–H and O–H groups in total. The summed E-state index contributed by atoms with van der Waals surface area (Å²) in [4.78, 5) is 0. The summed E-state index contributed by atoms with van der Waals surface area (Å²) in [6, 6.07) is 9.06. The van der Waals surface area contributed by atoms with Crippen LogP contribution >= 0.6 is 23.2 Å². The molecule has 0 amide bonds. The third kappa shape index (κ3) is 2.44. The average molecular weight is 311 g/mol. The van der Waals surface area contributed by atoms with Gasteiger partial charge in [-0.05, 0) is 46.9 Å². The van der Waals surface area contributed by atoms with Gasteiger partial charge in [-0.3, -0.25) is 0 Å². The molecule has 4 heteroatoms. The van der Waals surface area contributed by atoms with Gasteiger partial charge in [-0.1, -0.05) is 29.8 Å². The first-order chi connectivity index (χ1) is 9.56. The van der Waals surface area contributed by atoms with Crippen LogP contribution in [0.4, 0.5) is 4.39 Å². The second kappa shape index (κ2) is 5.36. The van der Waals surface area contributed by atoms with Gasteiger partial charge >= 0.3 is 0 Å². The maximum Gasteiger partial charge on any atom is 0.127 e. The van der Waals surface area contributed by atoms with E-state index < -0.39 is 5.38 Å². The summed E-state index contributed by atoms with van der Waals surface area (Å²) in [6.45, 7) is 2.97. The smallest absolute Gasteiger partial charge is 0.127 e. The van der Waals surface area contributed by atoms with E-state index in [1.165, 1.54) is 11.6 Å². The van der Waals surface area contributed by atoms with Crippen molar-refractivity contribution in [2.45, 2.75) is 25.5 Å². The molecular formula is C16H13Cl2FO. The molecule has 3 rings (SSSR count). The predicted octanol–water partition coefficient (Wildman–Crippen LogP) is 5.15. The highest BCUT2D eigenvalue weighted by molar-refractivity contribution is 6.33. The Balaban J connectivity index is 2.00. The van der Waals surface area contributed by atoms with Gasteiger partial charge < -0.3 is 4.74 Å². The summed E-state index contributed by atoms with van der Waals surface area (Å²) in [5, 5.41) is -0.0439. The van der Waals surface area contributed by atoms with E-state index in [0.29, 0.717) is 23.8 Å². The Kier molecular flexibility index (Phi) is 3.72. The van der Waals surface area contributed by atoms with Crippen molar-refractivity contribution >= 4 is 23.2 Å². The fourth-order valence-electron chi connectivity index (χ4n) is 2.40. The van der Waals surface area contributed by atoms with Crippen molar-refractivity contribution in [1.82, 2.24) is 0 Å². The molecule has 0 radical (unpaired) electrons. The minimum atomic E-state index is -0.396. The number of rotatable bonds is 2. The summed E-state index contributed by atoms with van der Waals surface area (Å²) in [7, 11) is 0. The molecule has 1 aliphatic heterocycles. The van der Waals surface area contributed by atoms with Crippen LogP contribution in [0.5, 0.6) is 0 Å². The van der Waals surface area contributed by atoms with Crippen LogP contribution in [-0.4, -0.2) is 0 Å². The normalized spacial score (nSPS) is 15.2. The molecule has 2 aromatic carbocycles. The standard InChI is InChI=1S/C16H13Cl2FO/c1-9-4-13(14(17)6-15(9)19)16(18)10-2-3-11-7-20-8-12(11)5-10/h2-6,16H,7-8H2,1H3. The van der Waals surface area contributed by atoms with Gasteiger partial charge in [0.15, 0.2) is 0 Å². The Labute approximate surface area is 127 Å². The zero-order valence-corrected chi connectivity index (χ0v) is 12.4. The van der Waals surface area contributed by atoms with E-state index in [1.54, 1.807) is 13.0 Å². The zero-order chi connectivity index (χ0) is 14.3. The van der Waals surface area contributed by atoms with Gasteiger partial charge in [0.05, 0.1) is 18.6 Å². The van der Waals surface area contributed by atoms with Gasteiger partial charge in [0.1, 0.15) is 5.82 Å². The van der Waals surface area contributed by atoms with Gasteiger partial charge in [-0.15, -0.1) is 11.6 Å². The van der Waals surface area contributed by atoms with Crippen LogP contribution in [0.3, 0.4) is 0 Å². The summed E-state index contributed by atoms with van der Waals surface area (Å²) < 4.78 is 18.9. The van der Waals surface area contributed by atoms with E-state index >= 15 is 0 Å². The lowest BCUT2D eigenvalue weighted by atomic mass is 9.99. The largest absolute Gasteiger partial charge is 0.372 e. The topological polar surface area (TPSA) is 9.23 Å². The Morgan fingerprint density at radius 1 is 1.15 bits per heavy atom. The minimum Gasteiger partial charge on any atom is -0.372 e. The van der Waals surface area contributed by atoms with Crippen molar-refractivity contribution in [3.8, 4) is 0 Å². The van der Waals surface area contributed by atoms with Gasteiger partial charge in [-0.2, -0.15) is 0 Å². The number of hydrogen-bond acceptors (Lipinski definition) is 1. The highest BCUT2D eigenvalue weighted by atomic mass is 35.5. The molecule has 0 aromatic heterocycles. The molecule has 1 unspecified atom stereocenters. The molecular weight excluding hydrogens is 298 g/mol. The lowest BCUT2D eigenvalue weighted by molar-refractivity contribution is 0.134. The van der Waals surface area contributed by atoms with E-state index in [2.05, 4.69) is 0 Å². The van der Waals surface area contributed by atoms with Crippen LogP contribution in [-0.2, 0) is 18.0 Å². The van der Waals surface area contributed by atoms with Crippen LogP contribution in [0.2, 0.25) is 5.02 Å². The minimum absolute atomic E-state index is 0.315. The number of ether oxygens (including phenoxy) is 1. The van der Waals surface area contributed by atoms with Crippen molar-refractivity contribution in [1.29, 1.82) is 0 Å². The van der Waals surface area contributed by atoms with E-state index in [4.69, 9.17) is 27.9 Å². The second-order valence-electron chi connectivity index (χ2n) is 5.01. The van der Waals surface area contributed by atoms with Crippen molar-refractivity contribution in [3.05, 3.63) is 69.0 Å². The Morgan fingerprint density at radius 3 is 2.70 bits per heavy atom. The summed E-state index contributed by atoms with van der Waals surface area (Å²) in [5.41, 5.74) is 4.57. The van der Waals surface area contributed by atoms with Crippen LogP contribution in [0, 0.1) is 12.7 Å². The molecule has 0 bridgehead atoms. The van der Waals surface area contributed by atoms with Gasteiger partial charge in [-0.25, -0.2) is 4.39 Å². The first-order valence-electron chi connectivity index (χ1n) is 6.35. The molecule has 2 aromatic rings. The molecule has 1 nitrogen and oxygen atoms in total. The van der Waals surface area contributed by atoms with Crippen LogP contribution < -0.4 is 0 Å². The monoisotopic (exact) mass is 310 g/mol. The summed E-state index contributed by atoms with van der Waals surface area (Å²) >= 11 is 12.6. The van der Waals surface area contributed by atoms with E-state index in [1.807, 2.05) is 18.2 Å².